The minimum Gasteiger partial charge on any atom is -0.456 e. The maximum Gasteiger partial charge on any atom is 0.197 e. The van der Waals surface area contributed by atoms with Crippen molar-refractivity contribution in [3.8, 4) is 22.3 Å². The third-order valence-electron chi connectivity index (χ3n) is 17.8. The molecule has 3 heterocycles. The van der Waals surface area contributed by atoms with Crippen LogP contribution >= 0.6 is 0 Å². The van der Waals surface area contributed by atoms with Gasteiger partial charge in [-0.05, 0) is 182 Å². The van der Waals surface area contributed by atoms with Crippen LogP contribution in [0.2, 0.25) is 0 Å². The van der Waals surface area contributed by atoms with E-state index in [1.165, 1.54) is 72.5 Å². The topological polar surface area (TPSA) is 41.5 Å². The molecule has 0 saturated heterocycles. The Bertz CT molecular complexity index is 4150. The summed E-state index contributed by atoms with van der Waals surface area (Å²) in [6, 6.07) is 58.7. The van der Waals surface area contributed by atoms with Crippen LogP contribution in [0, 0.1) is 6.92 Å². The van der Waals surface area contributed by atoms with E-state index in [1.54, 1.807) is 0 Å². The van der Waals surface area contributed by atoms with Gasteiger partial charge in [0.2, 0.25) is 0 Å². The van der Waals surface area contributed by atoms with Crippen molar-refractivity contribution in [3.63, 3.8) is 0 Å². The van der Waals surface area contributed by atoms with Gasteiger partial charge in [-0.25, -0.2) is 0 Å². The van der Waals surface area contributed by atoms with Crippen LogP contribution in [0.4, 0.5) is 28.4 Å². The van der Waals surface area contributed by atoms with Crippen molar-refractivity contribution in [2.75, 3.05) is 10.2 Å². The second-order valence-electron chi connectivity index (χ2n) is 24.7. The summed E-state index contributed by atoms with van der Waals surface area (Å²) >= 11 is 0. The van der Waals surface area contributed by atoms with Crippen molar-refractivity contribution < 1.29 is 8.83 Å². The summed E-state index contributed by atoms with van der Waals surface area (Å²) in [5.74, 6) is 0. The van der Waals surface area contributed by atoms with Crippen LogP contribution in [0.3, 0.4) is 0 Å². The van der Waals surface area contributed by atoms with Gasteiger partial charge in [-0.15, -0.1) is 0 Å². The molecule has 0 fully saturated rings. The number of nitrogens with zero attached hydrogens (tertiary/aromatic N) is 1. The fourth-order valence-electron chi connectivity index (χ4n) is 13.2. The van der Waals surface area contributed by atoms with Crippen molar-refractivity contribution in [1.29, 1.82) is 0 Å². The zero-order valence-electron chi connectivity index (χ0n) is 44.2. The van der Waals surface area contributed by atoms with E-state index in [0.717, 1.165) is 97.3 Å². The van der Waals surface area contributed by atoms with Crippen LogP contribution in [0.25, 0.3) is 76.9 Å². The fraction of sp³-hybridized carbons (Fsp3) is 0.246. The van der Waals surface area contributed by atoms with Crippen molar-refractivity contribution in [3.05, 3.63) is 186 Å². The third-order valence-corrected chi connectivity index (χ3v) is 17.8. The Morgan fingerprint density at radius 1 is 0.446 bits per heavy atom. The Kier molecular flexibility index (Phi) is 9.62. The Morgan fingerprint density at radius 3 is 1.61 bits per heavy atom. The van der Waals surface area contributed by atoms with Gasteiger partial charge in [0.25, 0.3) is 0 Å². The zero-order chi connectivity index (χ0) is 50.6. The molecule has 74 heavy (non-hydrogen) atoms. The van der Waals surface area contributed by atoms with Crippen LogP contribution in [0.5, 0.6) is 0 Å². The predicted octanol–water partition coefficient (Wildman–Crippen LogP) is 18.2. The number of hydrogen-bond donors (Lipinski definition) is 1. The summed E-state index contributed by atoms with van der Waals surface area (Å²) < 4.78 is 14.0. The lowest BCUT2D eigenvalue weighted by atomic mass is 9.57. The summed E-state index contributed by atoms with van der Waals surface area (Å²) in [5.41, 5.74) is 23.2. The first-order valence-electron chi connectivity index (χ1n) is 26.8. The number of anilines is 5. The van der Waals surface area contributed by atoms with Gasteiger partial charge < -0.3 is 19.1 Å². The SMILES string of the molecule is Cc1cc(-c2cc3ccccc3cc2Nc2ccc(-c3ccccc3)cc2)c2c(c1)N(c1ccc3c(c1)oc1cc4c(cc13)C(C)(C)CCC4(C)C)c1cc3oc4cc5c(cc4c3cc1[B]2)C(C)(C)CCC5(C)C. The molecule has 0 bridgehead atoms. The summed E-state index contributed by atoms with van der Waals surface area (Å²) in [5, 5.41) is 11.0. The summed E-state index contributed by atoms with van der Waals surface area (Å²) in [7, 11) is 2.43. The van der Waals surface area contributed by atoms with Crippen molar-refractivity contribution >= 4 is 101 Å². The van der Waals surface area contributed by atoms with E-state index in [-0.39, 0.29) is 21.7 Å². The second kappa shape index (κ2) is 15.8. The first kappa shape index (κ1) is 45.1. The van der Waals surface area contributed by atoms with Crippen LogP contribution in [0.15, 0.2) is 167 Å². The predicted molar refractivity (Wildman–Crippen MR) is 314 cm³/mol. The molecule has 14 rings (SSSR count). The average molecular weight is 962 g/mol. The Labute approximate surface area is 435 Å². The van der Waals surface area contributed by atoms with Crippen LogP contribution in [-0.2, 0) is 21.7 Å². The van der Waals surface area contributed by atoms with Gasteiger partial charge in [0.05, 0.1) is 0 Å². The lowest BCUT2D eigenvalue weighted by Crippen LogP contribution is -2.41. The molecule has 4 nitrogen and oxygen atoms in total. The quantitative estimate of drug-likeness (QED) is 0.175. The van der Waals surface area contributed by atoms with Crippen molar-refractivity contribution in [2.45, 2.75) is 110 Å². The van der Waals surface area contributed by atoms with E-state index in [9.17, 15) is 0 Å². The molecule has 1 radical (unpaired) electrons. The number of rotatable bonds is 5. The minimum atomic E-state index is 0.0703. The minimum absolute atomic E-state index is 0.0703. The maximum atomic E-state index is 7.01. The van der Waals surface area contributed by atoms with E-state index in [4.69, 9.17) is 8.83 Å². The lowest BCUT2D eigenvalue weighted by molar-refractivity contribution is 0.332. The van der Waals surface area contributed by atoms with E-state index in [1.807, 2.05) is 0 Å². The van der Waals surface area contributed by atoms with Gasteiger partial charge in [-0.1, -0.05) is 140 Å². The highest BCUT2D eigenvalue weighted by Crippen LogP contribution is 2.51. The molecular formula is C69H62BN2O2. The fourth-order valence-corrected chi connectivity index (χ4v) is 13.2. The Morgan fingerprint density at radius 2 is 0.973 bits per heavy atom. The molecule has 0 spiro atoms. The highest BCUT2D eigenvalue weighted by molar-refractivity contribution is 6.73. The zero-order valence-corrected chi connectivity index (χ0v) is 44.2. The van der Waals surface area contributed by atoms with E-state index >= 15 is 0 Å². The molecule has 1 aliphatic heterocycles. The molecule has 5 heteroatoms. The van der Waals surface area contributed by atoms with Crippen LogP contribution in [0.1, 0.15) is 109 Å². The summed E-state index contributed by atoms with van der Waals surface area (Å²) in [6.07, 6.45) is 4.63. The third kappa shape index (κ3) is 7.02. The van der Waals surface area contributed by atoms with Crippen molar-refractivity contribution in [1.82, 2.24) is 0 Å². The lowest BCUT2D eigenvalue weighted by Gasteiger charge is -2.41. The number of aryl methyl sites for hydroxylation is 1. The van der Waals surface area contributed by atoms with E-state index < -0.39 is 0 Å². The molecule has 0 amide bonds. The van der Waals surface area contributed by atoms with E-state index in [2.05, 4.69) is 238 Å². The molecule has 363 valence electrons. The standard InChI is InChI=1S/C69H62BN2O2/c1-40-29-52(48-31-43-17-13-14-18-44(43)32-58(48)71-45-21-19-42(20-22-45)41-15-11-10-12-16-41)65-60(30-40)72(46-23-24-47-49-34-53-55(37-62(49)73-61(47)33-46)68(6,7)27-25-66(53,2)3)59-39-64-51(36-57(59)70-65)50-35-54-56(38-63(50)74-64)69(8,9)28-26-67(54,4)5/h10-24,29-39,71H,25-28H2,1-9H3. The van der Waals surface area contributed by atoms with Gasteiger partial charge in [0, 0.05) is 67.7 Å². The summed E-state index contributed by atoms with van der Waals surface area (Å²) in [4.78, 5) is 2.46. The monoisotopic (exact) mass is 961 g/mol. The molecule has 3 aliphatic rings. The molecule has 11 aromatic rings. The molecule has 1 N–H and O–H groups in total. The van der Waals surface area contributed by atoms with Gasteiger partial charge in [-0.2, -0.15) is 0 Å². The molecule has 9 aromatic carbocycles. The van der Waals surface area contributed by atoms with Crippen LogP contribution in [-0.4, -0.2) is 7.28 Å². The highest BCUT2D eigenvalue weighted by Gasteiger charge is 2.40. The van der Waals surface area contributed by atoms with Crippen molar-refractivity contribution in [2.24, 2.45) is 0 Å². The molecule has 0 atom stereocenters. The van der Waals surface area contributed by atoms with Gasteiger partial charge in [0.15, 0.2) is 7.28 Å². The number of hydrogen-bond acceptors (Lipinski definition) is 4. The number of furan rings is 2. The average Bonchev–Trinajstić information content (AvgIpc) is 3.93. The number of nitrogens with one attached hydrogen (secondary N) is 1. The number of benzene rings is 9. The molecule has 0 saturated carbocycles. The first-order chi connectivity index (χ1) is 35.5. The molecule has 0 unspecified atom stereocenters. The largest absolute Gasteiger partial charge is 0.456 e. The van der Waals surface area contributed by atoms with Gasteiger partial charge in [-0.3, -0.25) is 0 Å². The molecule has 2 aromatic heterocycles. The smallest absolute Gasteiger partial charge is 0.197 e. The van der Waals surface area contributed by atoms with Gasteiger partial charge >= 0.3 is 0 Å². The summed E-state index contributed by atoms with van der Waals surface area (Å²) in [6.45, 7) is 21.4. The first-order valence-corrected chi connectivity index (χ1v) is 26.8. The Hall–Kier alpha value is -7.50. The Balaban J connectivity index is 0.981. The van der Waals surface area contributed by atoms with Gasteiger partial charge in [0.1, 0.15) is 22.3 Å². The normalized spacial score (nSPS) is 17.0. The number of fused-ring (bicyclic) bond motifs is 11. The maximum absolute atomic E-state index is 7.01. The van der Waals surface area contributed by atoms with E-state index in [0.29, 0.717) is 0 Å². The van der Waals surface area contributed by atoms with Crippen LogP contribution < -0.4 is 21.1 Å². The molecular weight excluding hydrogens is 900 g/mol. The highest BCUT2D eigenvalue weighted by atomic mass is 16.3. The molecule has 2 aliphatic carbocycles. The second-order valence-corrected chi connectivity index (χ2v) is 24.7.